The van der Waals surface area contributed by atoms with Gasteiger partial charge in [0.1, 0.15) is 0 Å². The number of fused-ring (bicyclic) bond motifs is 1. The Morgan fingerprint density at radius 3 is 3.04 bits per heavy atom. The number of hydrogen-bond acceptors (Lipinski definition) is 6. The summed E-state index contributed by atoms with van der Waals surface area (Å²) in [5.41, 5.74) is 6.57. The third-order valence-corrected chi connectivity index (χ3v) is 4.51. The lowest BCUT2D eigenvalue weighted by molar-refractivity contribution is 0.0987. The van der Waals surface area contributed by atoms with Gasteiger partial charge in [0.15, 0.2) is 0 Å². The summed E-state index contributed by atoms with van der Waals surface area (Å²) in [6.45, 7) is 1.28. The first kappa shape index (κ1) is 15.5. The Morgan fingerprint density at radius 2 is 2.24 bits per heavy atom. The van der Waals surface area contributed by atoms with Crippen LogP contribution in [0.5, 0.6) is 0 Å². The van der Waals surface area contributed by atoms with Gasteiger partial charge in [-0.1, -0.05) is 23.4 Å². The molecule has 1 aromatic carbocycles. The zero-order valence-corrected chi connectivity index (χ0v) is 13.4. The van der Waals surface area contributed by atoms with Crippen molar-refractivity contribution in [2.75, 3.05) is 6.54 Å². The van der Waals surface area contributed by atoms with Crippen molar-refractivity contribution in [2.24, 2.45) is 5.73 Å². The second-order valence-corrected chi connectivity index (χ2v) is 6.16. The summed E-state index contributed by atoms with van der Waals surface area (Å²) in [5.74, 6) is -0.473. The highest BCUT2D eigenvalue weighted by molar-refractivity contribution is 5.88. The van der Waals surface area contributed by atoms with E-state index in [4.69, 9.17) is 10.3 Å². The van der Waals surface area contributed by atoms with Crippen molar-refractivity contribution < 1.29 is 9.32 Å². The molecule has 3 N–H and O–H groups in total. The fraction of sp³-hybridized carbons (Fsp3) is 0.294. The van der Waals surface area contributed by atoms with Gasteiger partial charge in [0.25, 0.3) is 17.3 Å². The van der Waals surface area contributed by atoms with Crippen molar-refractivity contribution in [1.29, 1.82) is 0 Å². The van der Waals surface area contributed by atoms with Gasteiger partial charge in [-0.15, -0.1) is 0 Å². The number of carbonyl (C=O) groups is 1. The molecule has 3 aromatic rings. The average Bonchev–Trinajstić information content (AvgIpc) is 3.24. The van der Waals surface area contributed by atoms with Crippen molar-refractivity contribution in [2.45, 2.75) is 25.4 Å². The van der Waals surface area contributed by atoms with Gasteiger partial charge in [0, 0.05) is 17.6 Å². The summed E-state index contributed by atoms with van der Waals surface area (Å²) in [4.78, 5) is 32.6. The number of nitrogens with one attached hydrogen (secondary N) is 1. The third-order valence-electron chi connectivity index (χ3n) is 4.51. The van der Waals surface area contributed by atoms with Crippen LogP contribution in [0.1, 0.15) is 41.0 Å². The zero-order chi connectivity index (χ0) is 17.4. The lowest BCUT2D eigenvalue weighted by Gasteiger charge is -2.21. The Hall–Kier alpha value is -3.00. The number of nitrogens with two attached hydrogens (primary N) is 1. The van der Waals surface area contributed by atoms with Gasteiger partial charge < -0.3 is 15.2 Å². The number of hydrogen-bond donors (Lipinski definition) is 2. The van der Waals surface area contributed by atoms with Crippen LogP contribution < -0.4 is 11.3 Å². The standard InChI is InChI=1S/C17H17N5O3/c18-14(23)15-20-17(25-21-15)13-6-3-7-22(13)9-11-8-10-4-1-2-5-12(10)19-16(11)24/h1-2,4-5,8,13H,3,6-7,9H2,(H2,18,23)(H,19,24)/t13-/m0/s1. The minimum absolute atomic E-state index is 0.104. The van der Waals surface area contributed by atoms with E-state index in [1.165, 1.54) is 0 Å². The average molecular weight is 339 g/mol. The van der Waals surface area contributed by atoms with Crippen LogP contribution in [0.4, 0.5) is 0 Å². The molecule has 25 heavy (non-hydrogen) atoms. The van der Waals surface area contributed by atoms with Crippen molar-refractivity contribution >= 4 is 16.8 Å². The maximum atomic E-state index is 12.4. The van der Waals surface area contributed by atoms with E-state index in [0.717, 1.165) is 30.3 Å². The number of aromatic nitrogens is 3. The minimum Gasteiger partial charge on any atom is -0.363 e. The first-order valence-electron chi connectivity index (χ1n) is 8.10. The van der Waals surface area contributed by atoms with Crippen molar-refractivity contribution in [3.05, 3.63) is 58.0 Å². The topological polar surface area (TPSA) is 118 Å². The highest BCUT2D eigenvalue weighted by atomic mass is 16.5. The molecule has 128 valence electrons. The number of likely N-dealkylation sites (tertiary alicyclic amines) is 1. The van der Waals surface area contributed by atoms with Crippen LogP contribution in [0, 0.1) is 0 Å². The van der Waals surface area contributed by atoms with Crippen molar-refractivity contribution in [1.82, 2.24) is 20.0 Å². The quantitative estimate of drug-likeness (QED) is 0.740. The van der Waals surface area contributed by atoms with Crippen molar-refractivity contribution in [3.63, 3.8) is 0 Å². The molecule has 0 saturated carbocycles. The molecule has 2 aromatic heterocycles. The number of amides is 1. The Balaban J connectivity index is 1.62. The minimum atomic E-state index is -0.717. The zero-order valence-electron chi connectivity index (χ0n) is 13.4. The summed E-state index contributed by atoms with van der Waals surface area (Å²) in [7, 11) is 0. The predicted molar refractivity (Wildman–Crippen MR) is 89.8 cm³/mol. The van der Waals surface area contributed by atoms with E-state index < -0.39 is 5.91 Å². The number of aromatic amines is 1. The SMILES string of the molecule is NC(=O)c1noc([C@@H]2CCCN2Cc2cc3ccccc3[nH]c2=O)n1. The first-order valence-corrected chi connectivity index (χ1v) is 8.10. The monoisotopic (exact) mass is 339 g/mol. The van der Waals surface area contributed by atoms with Crippen LogP contribution in [0.3, 0.4) is 0 Å². The van der Waals surface area contributed by atoms with Gasteiger partial charge in [-0.3, -0.25) is 14.5 Å². The number of H-pyrrole nitrogens is 1. The molecule has 0 spiro atoms. The van der Waals surface area contributed by atoms with Crippen LogP contribution >= 0.6 is 0 Å². The summed E-state index contributed by atoms with van der Waals surface area (Å²) in [5, 5.41) is 4.59. The molecule has 1 saturated heterocycles. The molecule has 8 heteroatoms. The van der Waals surface area contributed by atoms with Crippen LogP contribution in [0.15, 0.2) is 39.6 Å². The Kier molecular flexibility index (Phi) is 3.81. The fourth-order valence-corrected chi connectivity index (χ4v) is 3.29. The van der Waals surface area contributed by atoms with Crippen LogP contribution in [0.2, 0.25) is 0 Å². The molecular formula is C17H17N5O3. The number of pyridine rings is 1. The molecule has 1 aliphatic heterocycles. The number of primary amides is 1. The molecule has 0 radical (unpaired) electrons. The van der Waals surface area contributed by atoms with Gasteiger partial charge in [-0.2, -0.15) is 4.98 Å². The van der Waals surface area contributed by atoms with E-state index in [-0.39, 0.29) is 17.4 Å². The van der Waals surface area contributed by atoms with Gasteiger partial charge in [-0.05, 0) is 36.9 Å². The Bertz CT molecular complexity index is 993. The molecule has 0 unspecified atom stereocenters. The maximum absolute atomic E-state index is 12.4. The number of benzene rings is 1. The fourth-order valence-electron chi connectivity index (χ4n) is 3.29. The molecule has 3 heterocycles. The summed E-state index contributed by atoms with van der Waals surface area (Å²) in [6, 6.07) is 9.46. The van der Waals surface area contributed by atoms with Gasteiger partial charge in [0.2, 0.25) is 5.89 Å². The second-order valence-electron chi connectivity index (χ2n) is 6.16. The Labute approximate surface area is 142 Å². The van der Waals surface area contributed by atoms with Crippen molar-refractivity contribution in [3.8, 4) is 0 Å². The van der Waals surface area contributed by atoms with Crippen LogP contribution in [-0.4, -0.2) is 32.5 Å². The number of nitrogens with zero attached hydrogens (tertiary/aromatic N) is 3. The maximum Gasteiger partial charge on any atom is 0.290 e. The van der Waals surface area contributed by atoms with E-state index in [0.29, 0.717) is 18.0 Å². The van der Waals surface area contributed by atoms with Gasteiger partial charge in [0.05, 0.1) is 6.04 Å². The third kappa shape index (κ3) is 2.91. The molecule has 0 bridgehead atoms. The van der Waals surface area contributed by atoms with E-state index >= 15 is 0 Å². The number of para-hydroxylation sites is 1. The van der Waals surface area contributed by atoms with Crippen LogP contribution in [-0.2, 0) is 6.54 Å². The Morgan fingerprint density at radius 1 is 1.40 bits per heavy atom. The molecule has 1 amide bonds. The van der Waals surface area contributed by atoms with E-state index in [1.807, 2.05) is 30.3 Å². The normalized spacial score (nSPS) is 18.0. The smallest absolute Gasteiger partial charge is 0.290 e. The molecule has 1 atom stereocenters. The largest absolute Gasteiger partial charge is 0.363 e. The summed E-state index contributed by atoms with van der Waals surface area (Å²) < 4.78 is 5.19. The highest BCUT2D eigenvalue weighted by Gasteiger charge is 2.31. The molecule has 1 aliphatic rings. The number of carbonyl (C=O) groups excluding carboxylic acids is 1. The molecule has 1 fully saturated rings. The lowest BCUT2D eigenvalue weighted by Crippen LogP contribution is -2.27. The first-order chi connectivity index (χ1) is 12.1. The second kappa shape index (κ2) is 6.14. The van der Waals surface area contributed by atoms with Gasteiger partial charge in [-0.25, -0.2) is 0 Å². The highest BCUT2D eigenvalue weighted by Crippen LogP contribution is 2.32. The molecular weight excluding hydrogens is 322 g/mol. The molecule has 4 rings (SSSR count). The lowest BCUT2D eigenvalue weighted by atomic mass is 10.1. The van der Waals surface area contributed by atoms with Crippen LogP contribution in [0.25, 0.3) is 10.9 Å². The van der Waals surface area contributed by atoms with Gasteiger partial charge >= 0.3 is 0 Å². The predicted octanol–water partition coefficient (Wildman–Crippen LogP) is 1.35. The summed E-state index contributed by atoms with van der Waals surface area (Å²) >= 11 is 0. The summed E-state index contributed by atoms with van der Waals surface area (Å²) in [6.07, 6.45) is 1.77. The van der Waals surface area contributed by atoms with E-state index in [2.05, 4.69) is 20.0 Å². The van der Waals surface area contributed by atoms with E-state index in [1.54, 1.807) is 0 Å². The molecule has 8 nitrogen and oxygen atoms in total. The van der Waals surface area contributed by atoms with E-state index in [9.17, 15) is 9.59 Å². The molecule has 0 aliphatic carbocycles. The number of rotatable bonds is 4.